The van der Waals surface area contributed by atoms with E-state index < -0.39 is 20.1 Å². The lowest BCUT2D eigenvalue weighted by Crippen LogP contribution is -2.30. The van der Waals surface area contributed by atoms with Crippen molar-refractivity contribution in [2.75, 3.05) is 0 Å². The monoisotopic (exact) mass is 567 g/mol. The molecule has 0 aliphatic heterocycles. The van der Waals surface area contributed by atoms with Crippen LogP contribution in [0.1, 0.15) is 66.5 Å². The maximum atomic E-state index is 13.7. The summed E-state index contributed by atoms with van der Waals surface area (Å²) in [7, 11) is -8.77. The molecular formula is C31H37NO5S2. The Bertz CT molecular complexity index is 1810. The van der Waals surface area contributed by atoms with Crippen LogP contribution in [-0.2, 0) is 31.0 Å². The molecule has 0 heterocycles. The van der Waals surface area contributed by atoms with Gasteiger partial charge in [-0.3, -0.25) is 4.55 Å². The standard InChI is InChI=1S/C31H37NO5S2/c1-19(2)32-38(33,34)26-15-9-20-17-22(30(3,4)5)11-13-24(20)28(26)29-25-14-12-23(31(6,7)8)18-21(25)10-16-27(29)39(35,36)37/h9-19,32H,1-8H3,(H,35,36,37). The third-order valence-electron chi connectivity index (χ3n) is 6.90. The Kier molecular flexibility index (Phi) is 7.26. The predicted molar refractivity (Wildman–Crippen MR) is 160 cm³/mol. The fourth-order valence-electron chi connectivity index (χ4n) is 4.88. The van der Waals surface area contributed by atoms with Crippen LogP contribution in [0.5, 0.6) is 0 Å². The fourth-order valence-corrected chi connectivity index (χ4v) is 7.07. The minimum Gasteiger partial charge on any atom is -0.282 e. The summed E-state index contributed by atoms with van der Waals surface area (Å²) in [6.45, 7) is 16.0. The van der Waals surface area contributed by atoms with E-state index in [0.29, 0.717) is 10.8 Å². The lowest BCUT2D eigenvalue weighted by molar-refractivity contribution is 0.483. The molecular weight excluding hydrogens is 530 g/mol. The molecule has 6 nitrogen and oxygen atoms in total. The van der Waals surface area contributed by atoms with Crippen molar-refractivity contribution in [3.8, 4) is 11.1 Å². The van der Waals surface area contributed by atoms with Crippen molar-refractivity contribution in [1.29, 1.82) is 0 Å². The first-order valence-electron chi connectivity index (χ1n) is 13.0. The summed E-state index contributed by atoms with van der Waals surface area (Å²) >= 11 is 0. The topological polar surface area (TPSA) is 101 Å². The van der Waals surface area contributed by atoms with Gasteiger partial charge in [0.2, 0.25) is 10.0 Å². The van der Waals surface area contributed by atoms with E-state index >= 15 is 0 Å². The Labute approximate surface area is 232 Å². The zero-order valence-electron chi connectivity index (χ0n) is 23.7. The number of hydrogen-bond donors (Lipinski definition) is 2. The van der Waals surface area contributed by atoms with Gasteiger partial charge in [0.1, 0.15) is 4.90 Å². The van der Waals surface area contributed by atoms with Gasteiger partial charge in [0, 0.05) is 17.2 Å². The third kappa shape index (κ3) is 5.75. The summed E-state index contributed by atoms with van der Waals surface area (Å²) in [6.07, 6.45) is 0. The molecule has 39 heavy (non-hydrogen) atoms. The average molecular weight is 568 g/mol. The molecule has 0 atom stereocenters. The highest BCUT2D eigenvalue weighted by molar-refractivity contribution is 7.89. The van der Waals surface area contributed by atoms with Gasteiger partial charge in [-0.25, -0.2) is 13.1 Å². The van der Waals surface area contributed by atoms with Gasteiger partial charge >= 0.3 is 0 Å². The molecule has 0 aromatic heterocycles. The van der Waals surface area contributed by atoms with Crippen molar-refractivity contribution in [2.45, 2.75) is 82.1 Å². The SMILES string of the molecule is CC(C)NS(=O)(=O)c1ccc2cc(C(C)(C)C)ccc2c1-c1c(S(=O)(=O)O)ccc2cc(C(C)(C)C)ccc12. The van der Waals surface area contributed by atoms with Crippen molar-refractivity contribution in [3.05, 3.63) is 71.8 Å². The lowest BCUT2D eigenvalue weighted by Gasteiger charge is -2.23. The Morgan fingerprint density at radius 1 is 0.641 bits per heavy atom. The van der Waals surface area contributed by atoms with Crippen molar-refractivity contribution in [1.82, 2.24) is 4.72 Å². The molecule has 0 fully saturated rings. The molecule has 0 spiro atoms. The van der Waals surface area contributed by atoms with Gasteiger partial charge in [-0.2, -0.15) is 8.42 Å². The van der Waals surface area contributed by atoms with E-state index in [0.717, 1.165) is 21.9 Å². The smallest absolute Gasteiger partial charge is 0.282 e. The molecule has 8 heteroatoms. The van der Waals surface area contributed by atoms with Crippen molar-refractivity contribution in [2.24, 2.45) is 0 Å². The number of nitrogens with one attached hydrogen (secondary N) is 1. The molecule has 4 aromatic rings. The van der Waals surface area contributed by atoms with Crippen LogP contribution in [0.15, 0.2) is 70.5 Å². The van der Waals surface area contributed by atoms with Crippen LogP contribution < -0.4 is 4.72 Å². The Morgan fingerprint density at radius 3 is 1.44 bits per heavy atom. The molecule has 2 N–H and O–H groups in total. The molecule has 0 aliphatic carbocycles. The van der Waals surface area contributed by atoms with Gasteiger partial charge in [-0.05, 0) is 69.5 Å². The van der Waals surface area contributed by atoms with Gasteiger partial charge in [0.25, 0.3) is 10.1 Å². The van der Waals surface area contributed by atoms with Crippen LogP contribution in [0.3, 0.4) is 0 Å². The number of sulfonamides is 1. The number of rotatable bonds is 5. The number of fused-ring (bicyclic) bond motifs is 2. The molecule has 208 valence electrons. The Balaban J connectivity index is 2.25. The first-order valence-corrected chi connectivity index (χ1v) is 15.9. The van der Waals surface area contributed by atoms with Gasteiger partial charge in [-0.1, -0.05) is 90.1 Å². The third-order valence-corrected chi connectivity index (χ3v) is 9.50. The van der Waals surface area contributed by atoms with Crippen LogP contribution in [-0.4, -0.2) is 27.4 Å². The molecule has 4 rings (SSSR count). The van der Waals surface area contributed by atoms with Crippen molar-refractivity contribution >= 4 is 41.7 Å². The summed E-state index contributed by atoms with van der Waals surface area (Å²) < 4.78 is 65.8. The minimum atomic E-state index is -4.71. The first-order chi connectivity index (χ1) is 17.8. The number of benzene rings is 4. The summed E-state index contributed by atoms with van der Waals surface area (Å²) in [6, 6.07) is 17.4. The first kappa shape index (κ1) is 29.2. The largest absolute Gasteiger partial charge is 0.295 e. The van der Waals surface area contributed by atoms with Gasteiger partial charge in [-0.15, -0.1) is 0 Å². The summed E-state index contributed by atoms with van der Waals surface area (Å²) in [5, 5.41) is 2.62. The van der Waals surface area contributed by atoms with E-state index in [9.17, 15) is 21.4 Å². The summed E-state index contributed by atoms with van der Waals surface area (Å²) in [4.78, 5) is -0.392. The lowest BCUT2D eigenvalue weighted by atomic mass is 9.83. The maximum Gasteiger partial charge on any atom is 0.295 e. The molecule has 0 aliphatic rings. The molecule has 0 bridgehead atoms. The highest BCUT2D eigenvalue weighted by Crippen LogP contribution is 2.43. The molecule has 0 saturated carbocycles. The zero-order valence-corrected chi connectivity index (χ0v) is 25.4. The van der Waals surface area contributed by atoms with Gasteiger partial charge in [0.15, 0.2) is 0 Å². The summed E-state index contributed by atoms with van der Waals surface area (Å²) in [5.41, 5.74) is 2.19. The van der Waals surface area contributed by atoms with E-state index in [1.54, 1.807) is 26.0 Å². The second kappa shape index (κ2) is 9.70. The number of hydrogen-bond acceptors (Lipinski definition) is 4. The Hall–Kier alpha value is -2.78. The van der Waals surface area contributed by atoms with Crippen LogP contribution in [0.2, 0.25) is 0 Å². The van der Waals surface area contributed by atoms with E-state index in [2.05, 4.69) is 46.3 Å². The summed E-state index contributed by atoms with van der Waals surface area (Å²) in [5.74, 6) is 0. The minimum absolute atomic E-state index is 0.0514. The average Bonchev–Trinajstić information content (AvgIpc) is 2.79. The van der Waals surface area contributed by atoms with Crippen LogP contribution in [0, 0.1) is 0 Å². The van der Waals surface area contributed by atoms with E-state index in [4.69, 9.17) is 0 Å². The molecule has 0 amide bonds. The van der Waals surface area contributed by atoms with Gasteiger partial charge < -0.3 is 0 Å². The normalized spacial score (nSPS) is 13.5. The molecule has 4 aromatic carbocycles. The second-order valence-corrected chi connectivity index (χ2v) is 15.6. The van der Waals surface area contributed by atoms with Crippen LogP contribution in [0.4, 0.5) is 0 Å². The van der Waals surface area contributed by atoms with Crippen molar-refractivity contribution in [3.63, 3.8) is 0 Å². The second-order valence-electron chi connectivity index (χ2n) is 12.5. The van der Waals surface area contributed by atoms with Gasteiger partial charge in [0.05, 0.1) is 4.90 Å². The molecule has 0 unspecified atom stereocenters. The van der Waals surface area contributed by atoms with Crippen molar-refractivity contribution < 1.29 is 21.4 Å². The maximum absolute atomic E-state index is 13.7. The molecule has 0 saturated heterocycles. The van der Waals surface area contributed by atoms with E-state index in [1.165, 1.54) is 12.1 Å². The quantitative estimate of drug-likeness (QED) is 0.249. The molecule has 0 radical (unpaired) electrons. The van der Waals surface area contributed by atoms with Crippen LogP contribution in [0.25, 0.3) is 32.7 Å². The highest BCUT2D eigenvalue weighted by atomic mass is 32.2. The predicted octanol–water partition coefficient (Wildman–Crippen LogP) is 7.19. The highest BCUT2D eigenvalue weighted by Gasteiger charge is 2.29. The fraction of sp³-hybridized carbons (Fsp3) is 0.355. The van der Waals surface area contributed by atoms with Crippen LogP contribution >= 0.6 is 0 Å². The van der Waals surface area contributed by atoms with E-state index in [-0.39, 0.29) is 37.8 Å². The zero-order chi connectivity index (χ0) is 29.1. The van der Waals surface area contributed by atoms with E-state index in [1.807, 2.05) is 36.4 Å². The Morgan fingerprint density at radius 2 is 1.05 bits per heavy atom.